The predicted octanol–water partition coefficient (Wildman–Crippen LogP) is 4.97. The van der Waals surface area contributed by atoms with Crippen LogP contribution in [0.1, 0.15) is 56.1 Å². The minimum absolute atomic E-state index is 0.264. The van der Waals surface area contributed by atoms with Gasteiger partial charge in [-0.25, -0.2) is 9.18 Å². The number of hydrogen-bond donors (Lipinski definition) is 0. The highest BCUT2D eigenvalue weighted by molar-refractivity contribution is 5.95. The summed E-state index contributed by atoms with van der Waals surface area (Å²) in [6.07, 6.45) is 2.01. The van der Waals surface area contributed by atoms with Crippen molar-refractivity contribution >= 4 is 22.7 Å². The summed E-state index contributed by atoms with van der Waals surface area (Å²) in [4.78, 5) is 37.3. The summed E-state index contributed by atoms with van der Waals surface area (Å²) in [5, 5.41) is 1.05. The van der Waals surface area contributed by atoms with Crippen LogP contribution >= 0.6 is 0 Å². The van der Waals surface area contributed by atoms with Crippen LogP contribution in [0.3, 0.4) is 0 Å². The van der Waals surface area contributed by atoms with Crippen molar-refractivity contribution in [3.63, 3.8) is 0 Å². The Morgan fingerprint density at radius 1 is 1.00 bits per heavy atom. The summed E-state index contributed by atoms with van der Waals surface area (Å²) in [6, 6.07) is 12.3. The van der Waals surface area contributed by atoms with Gasteiger partial charge in [-0.15, -0.1) is 0 Å². The van der Waals surface area contributed by atoms with Gasteiger partial charge in [-0.3, -0.25) is 14.2 Å². The molecule has 0 atom stereocenters. The topological polar surface area (TPSA) is 74.6 Å². The fourth-order valence-electron chi connectivity index (χ4n) is 3.64. The molecule has 0 spiro atoms. The van der Waals surface area contributed by atoms with E-state index in [0.717, 1.165) is 0 Å². The average Bonchev–Trinajstić information content (AvgIpc) is 2.75. The highest BCUT2D eigenvalue weighted by Gasteiger charge is 2.17. The van der Waals surface area contributed by atoms with Crippen molar-refractivity contribution in [2.45, 2.75) is 52.1 Å². The highest BCUT2D eigenvalue weighted by Crippen LogP contribution is 2.21. The second-order valence-corrected chi connectivity index (χ2v) is 8.84. The molecule has 0 saturated carbocycles. The van der Waals surface area contributed by atoms with E-state index in [1.165, 1.54) is 19.2 Å². The van der Waals surface area contributed by atoms with E-state index >= 15 is 0 Å². The number of carbonyl (C=O) groups is 2. The number of nitrogens with zero attached hydrogens (tertiary/aromatic N) is 1. The Labute approximate surface area is 191 Å². The van der Waals surface area contributed by atoms with Crippen LogP contribution in [-0.4, -0.2) is 29.2 Å². The third kappa shape index (κ3) is 6.06. The summed E-state index contributed by atoms with van der Waals surface area (Å²) in [5.41, 5.74) is 0.792. The fraction of sp³-hybridized carbons (Fsp3) is 0.346. The minimum Gasteiger partial charge on any atom is -0.465 e. The zero-order valence-electron chi connectivity index (χ0n) is 19.3. The van der Waals surface area contributed by atoms with Crippen molar-refractivity contribution < 1.29 is 23.5 Å². The molecule has 1 aromatic heterocycles. The van der Waals surface area contributed by atoms with Gasteiger partial charge in [-0.05, 0) is 94.0 Å². The smallest absolute Gasteiger partial charge is 0.337 e. The van der Waals surface area contributed by atoms with E-state index in [4.69, 9.17) is 9.47 Å². The third-order valence-electron chi connectivity index (χ3n) is 5.08. The number of rotatable bonds is 7. The number of pyridine rings is 1. The van der Waals surface area contributed by atoms with Crippen LogP contribution in [-0.2, 0) is 20.7 Å². The number of hydrogen-bond acceptors (Lipinski definition) is 5. The lowest BCUT2D eigenvalue weighted by molar-refractivity contribution is -0.154. The van der Waals surface area contributed by atoms with Crippen LogP contribution in [0, 0.1) is 5.82 Å². The number of fused-ring (bicyclic) bond motifs is 1. The van der Waals surface area contributed by atoms with Crippen LogP contribution in [0.25, 0.3) is 16.5 Å². The second kappa shape index (κ2) is 9.98. The van der Waals surface area contributed by atoms with Crippen molar-refractivity contribution in [2.24, 2.45) is 0 Å². The Balaban J connectivity index is 1.94. The van der Waals surface area contributed by atoms with Crippen LogP contribution in [0.15, 0.2) is 53.3 Å². The molecule has 3 rings (SSSR count). The Morgan fingerprint density at radius 2 is 1.70 bits per heavy atom. The van der Waals surface area contributed by atoms with E-state index in [0.29, 0.717) is 47.0 Å². The van der Waals surface area contributed by atoms with Gasteiger partial charge in [0, 0.05) is 23.2 Å². The first kappa shape index (κ1) is 24.2. The first-order valence-electron chi connectivity index (χ1n) is 10.8. The maximum Gasteiger partial charge on any atom is 0.337 e. The van der Waals surface area contributed by atoms with Crippen molar-refractivity contribution in [3.05, 3.63) is 76.0 Å². The molecule has 0 radical (unpaired) electrons. The lowest BCUT2D eigenvalue weighted by atomic mass is 10.0. The van der Waals surface area contributed by atoms with Crippen LogP contribution in [0.2, 0.25) is 0 Å². The highest BCUT2D eigenvalue weighted by atomic mass is 19.1. The van der Waals surface area contributed by atoms with Crippen molar-refractivity contribution in [1.82, 2.24) is 4.57 Å². The summed E-state index contributed by atoms with van der Waals surface area (Å²) in [5.74, 6) is -1.15. The number of halogens is 1. The largest absolute Gasteiger partial charge is 0.465 e. The SMILES string of the molecule is COC(=O)c1ccc2c(=O)n(-c3ccc(F)cc3)c(CCCCC(=O)OC(C)(C)C)cc2c1. The molecule has 3 aromatic rings. The molecule has 174 valence electrons. The molecule has 6 nitrogen and oxygen atoms in total. The van der Waals surface area contributed by atoms with Crippen LogP contribution in [0.4, 0.5) is 4.39 Å². The molecule has 33 heavy (non-hydrogen) atoms. The monoisotopic (exact) mass is 453 g/mol. The van der Waals surface area contributed by atoms with E-state index in [1.54, 1.807) is 34.9 Å². The molecule has 7 heteroatoms. The maximum absolute atomic E-state index is 13.5. The number of aromatic nitrogens is 1. The predicted molar refractivity (Wildman–Crippen MR) is 124 cm³/mol. The molecule has 0 unspecified atom stereocenters. The molecule has 0 aliphatic rings. The normalized spacial score (nSPS) is 11.4. The molecule has 1 heterocycles. The van der Waals surface area contributed by atoms with Gasteiger partial charge in [0.2, 0.25) is 0 Å². The third-order valence-corrected chi connectivity index (χ3v) is 5.08. The van der Waals surface area contributed by atoms with Gasteiger partial charge in [-0.1, -0.05) is 0 Å². The summed E-state index contributed by atoms with van der Waals surface area (Å²) in [6.45, 7) is 5.47. The number of carbonyl (C=O) groups excluding carboxylic acids is 2. The first-order valence-corrected chi connectivity index (χ1v) is 10.8. The molecule has 0 N–H and O–H groups in total. The standard InChI is InChI=1S/C26H28FNO5/c1-26(2,3)33-23(29)8-6-5-7-21-16-18-15-17(25(31)32-4)9-14-22(18)24(30)28(21)20-12-10-19(27)11-13-20/h9-16H,5-8H2,1-4H3. The Morgan fingerprint density at radius 3 is 2.33 bits per heavy atom. The number of aryl methyl sites for hydroxylation is 1. The second-order valence-electron chi connectivity index (χ2n) is 8.84. The summed E-state index contributed by atoms with van der Waals surface area (Å²) in [7, 11) is 1.30. The van der Waals surface area contributed by atoms with E-state index in [9.17, 15) is 18.8 Å². The molecule has 0 fully saturated rings. The molecule has 0 aliphatic heterocycles. The average molecular weight is 454 g/mol. The Kier molecular flexibility index (Phi) is 7.31. The van der Waals surface area contributed by atoms with E-state index in [2.05, 4.69) is 0 Å². The van der Waals surface area contributed by atoms with Gasteiger partial charge in [-0.2, -0.15) is 0 Å². The van der Waals surface area contributed by atoms with Crippen LogP contribution < -0.4 is 5.56 Å². The van der Waals surface area contributed by atoms with Gasteiger partial charge in [0.1, 0.15) is 11.4 Å². The van der Waals surface area contributed by atoms with E-state index in [1.807, 2.05) is 26.8 Å². The number of benzene rings is 2. The lowest BCUT2D eigenvalue weighted by Gasteiger charge is -2.19. The summed E-state index contributed by atoms with van der Waals surface area (Å²) >= 11 is 0. The molecular weight excluding hydrogens is 425 g/mol. The van der Waals surface area contributed by atoms with Gasteiger partial charge < -0.3 is 9.47 Å². The molecule has 2 aromatic carbocycles. The number of methoxy groups -OCH3 is 1. The Bertz CT molecular complexity index is 1220. The van der Waals surface area contributed by atoms with Crippen molar-refractivity contribution in [1.29, 1.82) is 0 Å². The number of ether oxygens (including phenoxy) is 2. The quantitative estimate of drug-likeness (QED) is 0.373. The molecule has 0 saturated heterocycles. The van der Waals surface area contributed by atoms with E-state index in [-0.39, 0.29) is 17.9 Å². The van der Waals surface area contributed by atoms with E-state index < -0.39 is 17.4 Å². The van der Waals surface area contributed by atoms with Crippen molar-refractivity contribution in [3.8, 4) is 5.69 Å². The van der Waals surface area contributed by atoms with Gasteiger partial charge in [0.25, 0.3) is 5.56 Å². The molecule has 0 bridgehead atoms. The zero-order chi connectivity index (χ0) is 24.2. The Hall–Kier alpha value is -3.48. The minimum atomic E-state index is -0.532. The van der Waals surface area contributed by atoms with Gasteiger partial charge in [0.15, 0.2) is 0 Å². The summed E-state index contributed by atoms with van der Waals surface area (Å²) < 4.78 is 25.2. The lowest BCUT2D eigenvalue weighted by Crippen LogP contribution is -2.24. The first-order chi connectivity index (χ1) is 15.6. The molecule has 0 aliphatic carbocycles. The molecular formula is C26H28FNO5. The number of esters is 2. The van der Waals surface area contributed by atoms with Gasteiger partial charge >= 0.3 is 11.9 Å². The molecule has 0 amide bonds. The van der Waals surface area contributed by atoms with Crippen LogP contribution in [0.5, 0.6) is 0 Å². The maximum atomic E-state index is 13.5. The van der Waals surface area contributed by atoms with Crippen molar-refractivity contribution in [2.75, 3.05) is 7.11 Å². The van der Waals surface area contributed by atoms with Gasteiger partial charge in [0.05, 0.1) is 12.7 Å². The number of unbranched alkanes of at least 4 members (excludes halogenated alkanes) is 1. The fourth-order valence-corrected chi connectivity index (χ4v) is 3.64. The zero-order valence-corrected chi connectivity index (χ0v) is 19.3.